The van der Waals surface area contributed by atoms with E-state index in [-0.39, 0.29) is 90.5 Å². The van der Waals surface area contributed by atoms with Crippen LogP contribution in [0.5, 0.6) is 0 Å². The van der Waals surface area contributed by atoms with Crippen LogP contribution in [0.4, 0.5) is 5.69 Å². The second-order valence-corrected chi connectivity index (χ2v) is 29.5. The van der Waals surface area contributed by atoms with E-state index in [0.717, 1.165) is 48.5 Å². The number of amides is 2. The molecule has 35 heteroatoms. The molecule has 4 aromatic rings. The molecular weight excluding hydrogens is 1270 g/mol. The van der Waals surface area contributed by atoms with Gasteiger partial charge in [-0.3, -0.25) is 46.7 Å². The first-order chi connectivity index (χ1) is 40.0. The molecule has 87 heavy (non-hydrogen) atoms. The third kappa shape index (κ3) is 18.4. The molecular formula is C52H60N4O25S6. The lowest BCUT2D eigenvalue weighted by atomic mass is 9.90. The first-order valence-electron chi connectivity index (χ1n) is 25.5. The minimum atomic E-state index is -5.43. The summed E-state index contributed by atoms with van der Waals surface area (Å²) < 4.78 is 229. The Labute approximate surface area is 500 Å². The molecule has 0 radical (unpaired) electrons. The molecule has 0 fully saturated rings. The van der Waals surface area contributed by atoms with Gasteiger partial charge < -0.3 is 34.5 Å². The number of hydrogen-bond acceptors (Lipinski definition) is 20. The fourth-order valence-electron chi connectivity index (χ4n) is 8.89. The van der Waals surface area contributed by atoms with Crippen molar-refractivity contribution in [3.05, 3.63) is 107 Å². The number of carbonyl (C=O) groups is 3. The summed E-state index contributed by atoms with van der Waals surface area (Å²) in [6.45, 7) is 6.26. The molecule has 6 rings (SSSR count). The van der Waals surface area contributed by atoms with Crippen molar-refractivity contribution >= 4 is 95.1 Å². The lowest BCUT2D eigenvalue weighted by Crippen LogP contribution is -2.34. The SMILES string of the molecule is CN(CCCC(=O)NCCOC(C)(C)CCOCC(C)(C)CC(=O)O)C(=O)c1ccccc1-c1c2cc(S(=O)(=O)O)/c(=N/Cc3ccc(S(=O)(=O)O)cc3S(=O)(=O)O)cc-2oc2cc(NCc3ccc(S(=O)(=O)O)cc3S(=O)(=O)O)c(S(=O)(=O)O)cc12. The number of fused-ring (bicyclic) bond motifs is 2. The van der Waals surface area contributed by atoms with Crippen molar-refractivity contribution < 1.29 is 111 Å². The largest absolute Gasteiger partial charge is 0.481 e. The highest BCUT2D eigenvalue weighted by molar-refractivity contribution is 7.87. The van der Waals surface area contributed by atoms with Gasteiger partial charge >= 0.3 is 5.97 Å². The third-order valence-corrected chi connectivity index (χ3v) is 18.5. The number of rotatable bonds is 28. The molecule has 2 aliphatic rings. The standard InChI is InChI=1S/C52H60N4O25S6/c1-51(2,27-48(58)59)30-79-19-16-52(3,4)80-20-17-53-47(57)11-8-18-56(5)50(60)36-10-7-6-9-35(36)49-37-23-45(86(73,74)75)39(54-28-31-12-14-33(82(61,62)63)21-43(31)84(67,68)69)25-41(37)81-42-26-40(46(24-38(42)49)87(76,77)78)55-29-32-13-15-34(83(64,65)66)22-44(32)85(70,71)72/h6-7,9-10,12-15,21-26,54H,8,11,16-20,27-30H2,1-5H3,(H,53,57)(H,58,59)(H,61,62,63)(H,64,65,66)(H,67,68,69)(H,70,71,72)(H,73,74,75)(H,76,77,78)/b55-40+. The number of benzene rings is 5. The van der Waals surface area contributed by atoms with E-state index >= 15 is 0 Å². The summed E-state index contributed by atoms with van der Waals surface area (Å²) in [5.41, 5.74) is -3.86. The highest BCUT2D eigenvalue weighted by atomic mass is 32.2. The molecule has 0 saturated heterocycles. The number of carbonyl (C=O) groups excluding carboxylic acids is 2. The zero-order valence-corrected chi connectivity index (χ0v) is 51.6. The Balaban J connectivity index is 1.41. The second-order valence-electron chi connectivity index (χ2n) is 21.1. The molecule has 4 aromatic carbocycles. The molecule has 0 bridgehead atoms. The monoisotopic (exact) mass is 1330 g/mol. The van der Waals surface area contributed by atoms with Crippen LogP contribution in [0.25, 0.3) is 33.4 Å². The van der Waals surface area contributed by atoms with Crippen molar-refractivity contribution in [2.24, 2.45) is 10.4 Å². The van der Waals surface area contributed by atoms with Crippen LogP contribution in [0.15, 0.2) is 124 Å². The summed E-state index contributed by atoms with van der Waals surface area (Å²) in [4.78, 5) is 37.9. The number of nitrogens with zero attached hydrogens (tertiary/aromatic N) is 2. The Morgan fingerprint density at radius 1 is 0.655 bits per heavy atom. The molecule has 474 valence electrons. The molecule has 0 aromatic heterocycles. The van der Waals surface area contributed by atoms with Crippen molar-refractivity contribution in [3.63, 3.8) is 0 Å². The van der Waals surface area contributed by atoms with Crippen LogP contribution in [-0.4, -0.2) is 151 Å². The van der Waals surface area contributed by atoms with Gasteiger partial charge in [0.15, 0.2) is 0 Å². The molecule has 9 N–H and O–H groups in total. The van der Waals surface area contributed by atoms with Gasteiger partial charge in [0, 0.05) is 73.9 Å². The summed E-state index contributed by atoms with van der Waals surface area (Å²) >= 11 is 0. The van der Waals surface area contributed by atoms with Crippen LogP contribution in [0.3, 0.4) is 0 Å². The quantitative estimate of drug-likeness (QED) is 0.0176. The number of anilines is 1. The molecule has 2 amide bonds. The van der Waals surface area contributed by atoms with Crippen molar-refractivity contribution in [1.82, 2.24) is 10.2 Å². The van der Waals surface area contributed by atoms with Gasteiger partial charge in [0.05, 0.1) is 52.6 Å². The molecule has 0 atom stereocenters. The van der Waals surface area contributed by atoms with Crippen LogP contribution < -0.4 is 16.0 Å². The van der Waals surface area contributed by atoms with Crippen molar-refractivity contribution in [2.45, 2.75) is 101 Å². The first kappa shape index (κ1) is 69.3. The van der Waals surface area contributed by atoms with Crippen molar-refractivity contribution in [3.8, 4) is 22.5 Å². The van der Waals surface area contributed by atoms with Crippen LogP contribution >= 0.6 is 0 Å². The molecule has 1 aliphatic heterocycles. The summed E-state index contributed by atoms with van der Waals surface area (Å²) in [6.07, 6.45) is 0.438. The van der Waals surface area contributed by atoms with Gasteiger partial charge in [-0.05, 0) is 91.3 Å². The van der Waals surface area contributed by atoms with Gasteiger partial charge in [0.1, 0.15) is 30.9 Å². The highest BCUT2D eigenvalue weighted by Gasteiger charge is 2.31. The van der Waals surface area contributed by atoms with Crippen LogP contribution in [0.2, 0.25) is 0 Å². The third-order valence-electron chi connectivity index (χ3n) is 13.1. The number of hydrogen-bond donors (Lipinski definition) is 9. The lowest BCUT2D eigenvalue weighted by Gasteiger charge is -2.27. The van der Waals surface area contributed by atoms with Crippen LogP contribution in [0.1, 0.15) is 74.9 Å². The lowest BCUT2D eigenvalue weighted by molar-refractivity contribution is -0.140. The number of aliphatic carboxylic acids is 1. The van der Waals surface area contributed by atoms with E-state index in [4.69, 9.17) is 19.0 Å². The fraction of sp³-hybridized carbons (Fsp3) is 0.346. The van der Waals surface area contributed by atoms with E-state index in [2.05, 4.69) is 15.6 Å². The van der Waals surface area contributed by atoms with Gasteiger partial charge in [-0.1, -0.05) is 44.2 Å². The number of carboxylic acids is 1. The van der Waals surface area contributed by atoms with Crippen molar-refractivity contribution in [2.75, 3.05) is 45.3 Å². The Kier molecular flexibility index (Phi) is 21.1. The van der Waals surface area contributed by atoms with Crippen molar-refractivity contribution in [1.29, 1.82) is 0 Å². The van der Waals surface area contributed by atoms with Gasteiger partial charge in [-0.15, -0.1) is 0 Å². The maximum absolute atomic E-state index is 14.6. The minimum absolute atomic E-state index is 0.0472. The summed E-state index contributed by atoms with van der Waals surface area (Å²) in [6, 6.07) is 13.0. The van der Waals surface area contributed by atoms with Gasteiger partial charge in [-0.25, -0.2) is 0 Å². The number of ether oxygens (including phenoxy) is 2. The summed E-state index contributed by atoms with van der Waals surface area (Å²) in [7, 11) is -30.1. The average Bonchev–Trinajstić information content (AvgIpc) is 0.800. The Morgan fingerprint density at radius 2 is 1.23 bits per heavy atom. The van der Waals surface area contributed by atoms with Crippen LogP contribution in [-0.2, 0) is 92.9 Å². The zero-order chi connectivity index (χ0) is 65.0. The minimum Gasteiger partial charge on any atom is -0.481 e. The summed E-state index contributed by atoms with van der Waals surface area (Å²) in [5, 5.41) is 13.4. The number of carboxylic acid groups (broad SMARTS) is 1. The topological polar surface area (TPSA) is 469 Å². The molecule has 0 spiro atoms. The van der Waals surface area contributed by atoms with Crippen LogP contribution in [0, 0.1) is 5.41 Å². The Bertz CT molecular complexity index is 4430. The van der Waals surface area contributed by atoms with Gasteiger partial charge in [-0.2, -0.15) is 50.5 Å². The van der Waals surface area contributed by atoms with E-state index in [0.29, 0.717) is 25.2 Å². The zero-order valence-electron chi connectivity index (χ0n) is 46.7. The van der Waals surface area contributed by atoms with E-state index in [9.17, 15) is 92.2 Å². The van der Waals surface area contributed by atoms with Gasteiger partial charge in [0.25, 0.3) is 66.6 Å². The molecule has 29 nitrogen and oxygen atoms in total. The fourth-order valence-corrected chi connectivity index (χ4v) is 12.9. The summed E-state index contributed by atoms with van der Waals surface area (Å²) in [5.74, 6) is -2.44. The first-order valence-corrected chi connectivity index (χ1v) is 34.1. The average molecular weight is 1330 g/mol. The maximum atomic E-state index is 14.6. The predicted octanol–water partition coefficient (Wildman–Crippen LogP) is 5.07. The molecule has 1 heterocycles. The smallest absolute Gasteiger partial charge is 0.303 e. The van der Waals surface area contributed by atoms with E-state index in [1.165, 1.54) is 36.2 Å². The normalized spacial score (nSPS) is 13.3. The Morgan fingerprint density at radius 3 is 1.80 bits per heavy atom. The van der Waals surface area contributed by atoms with E-state index in [1.807, 2.05) is 13.8 Å². The molecule has 0 saturated carbocycles. The van der Waals surface area contributed by atoms with E-state index < -0.39 is 148 Å². The maximum Gasteiger partial charge on any atom is 0.303 e. The van der Waals surface area contributed by atoms with Gasteiger partial charge in [0.2, 0.25) is 5.91 Å². The second kappa shape index (κ2) is 26.5. The van der Waals surface area contributed by atoms with E-state index in [1.54, 1.807) is 13.8 Å². The Hall–Kier alpha value is -6.84. The number of nitrogens with one attached hydrogen (secondary N) is 2. The highest BCUT2D eigenvalue weighted by Crippen LogP contribution is 2.44. The molecule has 0 unspecified atom stereocenters. The molecule has 1 aliphatic carbocycles. The predicted molar refractivity (Wildman–Crippen MR) is 307 cm³/mol.